The lowest BCUT2D eigenvalue weighted by atomic mass is 9.89. The molecule has 2 saturated heterocycles. The van der Waals surface area contributed by atoms with Crippen LogP contribution in [0.4, 0.5) is 13.2 Å². The molecule has 7 rings (SSSR count). The number of morpholine rings is 1. The molecule has 16 heteroatoms. The van der Waals surface area contributed by atoms with Gasteiger partial charge in [0, 0.05) is 90.9 Å². The Morgan fingerprint density at radius 1 is 1.08 bits per heavy atom. The van der Waals surface area contributed by atoms with Crippen LogP contribution in [-0.4, -0.2) is 125 Å². The number of likely N-dealkylation sites (tertiary alicyclic amines) is 1. The van der Waals surface area contributed by atoms with E-state index in [1.165, 1.54) is 22.0 Å². The number of sulfonamides is 1. The SMILES string of the molecule is CS(=O)(=O)N1CCc2c(c(-c3ccc(C(F)(F)F)c(SCCN4CCOCC4)c3)nn2CC(O)CN2CCC(c3c[nH]c4ncccc34)CC2)C1. The van der Waals surface area contributed by atoms with Crippen LogP contribution >= 0.6 is 11.8 Å². The summed E-state index contributed by atoms with van der Waals surface area (Å²) in [7, 11) is -3.52. The Kier molecular flexibility index (Phi) is 10.8. The molecule has 3 aliphatic heterocycles. The number of hydrogen-bond donors (Lipinski definition) is 2. The first-order valence-electron chi connectivity index (χ1n) is 17.4. The first kappa shape index (κ1) is 36.4. The Bertz CT molecular complexity index is 1940. The van der Waals surface area contributed by atoms with Gasteiger partial charge in [0.15, 0.2) is 0 Å². The smallest absolute Gasteiger partial charge is 0.390 e. The number of aliphatic hydroxyl groups excluding tert-OH is 1. The lowest BCUT2D eigenvalue weighted by Crippen LogP contribution is -2.40. The second-order valence-corrected chi connectivity index (χ2v) is 16.8. The Hall–Kier alpha value is -2.99. The molecule has 0 spiro atoms. The molecule has 3 aliphatic rings. The number of fused-ring (bicyclic) bond motifs is 2. The van der Waals surface area contributed by atoms with Crippen LogP contribution in [0.15, 0.2) is 47.6 Å². The number of aliphatic hydroxyl groups is 1. The van der Waals surface area contributed by atoms with Crippen molar-refractivity contribution in [3.05, 3.63) is 65.1 Å². The summed E-state index contributed by atoms with van der Waals surface area (Å²) in [5.74, 6) is 0.879. The molecule has 1 unspecified atom stereocenters. The number of piperidine rings is 1. The number of β-amino-alcohol motifs (C(OH)–C–C–N with tert-alkyl or cyclic N) is 1. The third-order valence-corrected chi connectivity index (χ3v) is 12.5. The van der Waals surface area contributed by atoms with Gasteiger partial charge in [-0.05, 0) is 61.7 Å². The predicted octanol–water partition coefficient (Wildman–Crippen LogP) is 4.43. The molecule has 6 heterocycles. The molecule has 0 bridgehead atoms. The molecule has 11 nitrogen and oxygen atoms in total. The van der Waals surface area contributed by atoms with Crippen LogP contribution in [0.5, 0.6) is 0 Å². The number of pyridine rings is 1. The molecule has 1 aromatic carbocycles. The number of alkyl halides is 3. The van der Waals surface area contributed by atoms with Gasteiger partial charge >= 0.3 is 6.18 Å². The average Bonchev–Trinajstić information content (AvgIpc) is 3.70. The molecule has 0 amide bonds. The normalized spacial score (nSPS) is 19.5. The van der Waals surface area contributed by atoms with Crippen LogP contribution in [0.25, 0.3) is 22.3 Å². The fourth-order valence-electron chi connectivity index (χ4n) is 7.56. The van der Waals surface area contributed by atoms with E-state index in [2.05, 4.69) is 32.0 Å². The highest BCUT2D eigenvalue weighted by atomic mass is 32.2. The van der Waals surface area contributed by atoms with Gasteiger partial charge < -0.3 is 19.7 Å². The minimum absolute atomic E-state index is 0.0665. The maximum Gasteiger partial charge on any atom is 0.417 e. The summed E-state index contributed by atoms with van der Waals surface area (Å²) in [5, 5.41) is 17.3. The van der Waals surface area contributed by atoms with Gasteiger partial charge in [-0.3, -0.25) is 9.58 Å². The molecule has 0 radical (unpaired) electrons. The van der Waals surface area contributed by atoms with Gasteiger partial charge in [0.25, 0.3) is 0 Å². The number of aromatic amines is 1. The molecule has 3 aromatic heterocycles. The van der Waals surface area contributed by atoms with Gasteiger partial charge in [0.1, 0.15) is 5.65 Å². The quantitative estimate of drug-likeness (QED) is 0.215. The summed E-state index contributed by atoms with van der Waals surface area (Å²) >= 11 is 1.16. The number of benzene rings is 1. The number of H-pyrrole nitrogens is 1. The van der Waals surface area contributed by atoms with E-state index in [1.807, 2.05) is 6.07 Å². The zero-order valence-electron chi connectivity index (χ0n) is 28.6. The Balaban J connectivity index is 1.09. The maximum absolute atomic E-state index is 14.1. The van der Waals surface area contributed by atoms with Crippen molar-refractivity contribution in [3.8, 4) is 11.3 Å². The monoisotopic (exact) mass is 747 g/mol. The summed E-state index contributed by atoms with van der Waals surface area (Å²) in [4.78, 5) is 12.2. The Morgan fingerprint density at radius 3 is 2.61 bits per heavy atom. The van der Waals surface area contributed by atoms with Gasteiger partial charge in [-0.1, -0.05) is 6.07 Å². The zero-order valence-corrected chi connectivity index (χ0v) is 30.2. The third kappa shape index (κ3) is 8.32. The van der Waals surface area contributed by atoms with Crippen molar-refractivity contribution >= 4 is 32.8 Å². The van der Waals surface area contributed by atoms with Crippen LogP contribution in [0.2, 0.25) is 0 Å². The van der Waals surface area contributed by atoms with Gasteiger partial charge in [0.05, 0.1) is 43.4 Å². The van der Waals surface area contributed by atoms with E-state index in [0.717, 1.165) is 79.8 Å². The second kappa shape index (κ2) is 15.2. The molecule has 4 aromatic rings. The van der Waals surface area contributed by atoms with E-state index in [-0.39, 0.29) is 24.5 Å². The number of rotatable bonds is 11. The standard InChI is InChI=1S/C35H44F3N7O4S2/c1-51(47,48)44-12-8-31-29(23-44)33(25-4-5-30(35(36,37)38)32(19-25)50-18-15-42-13-16-49-17-14-42)41-45(31)22-26(46)21-43-10-6-24(7-11-43)28-20-40-34-27(28)3-2-9-39-34/h2-5,9,19-20,24,26,46H,6-8,10-18,21-23H2,1H3,(H,39,40). The van der Waals surface area contributed by atoms with Gasteiger partial charge in [-0.15, -0.1) is 11.8 Å². The van der Waals surface area contributed by atoms with E-state index in [0.29, 0.717) is 61.2 Å². The van der Waals surface area contributed by atoms with Crippen molar-refractivity contribution in [2.75, 3.05) is 71.0 Å². The van der Waals surface area contributed by atoms with Crippen molar-refractivity contribution < 1.29 is 31.4 Å². The number of aromatic nitrogens is 4. The Labute approximate surface area is 300 Å². The summed E-state index contributed by atoms with van der Waals surface area (Å²) in [6.07, 6.45) is 2.01. The van der Waals surface area contributed by atoms with Crippen molar-refractivity contribution in [2.24, 2.45) is 0 Å². The molecular formula is C35H44F3N7O4S2. The number of ether oxygens (including phenoxy) is 1. The third-order valence-electron chi connectivity index (χ3n) is 10.3. The van der Waals surface area contributed by atoms with Crippen LogP contribution in [0.3, 0.4) is 0 Å². The fraction of sp³-hybridized carbons (Fsp3) is 0.543. The number of nitrogens with zero attached hydrogens (tertiary/aromatic N) is 6. The van der Waals surface area contributed by atoms with Crippen LogP contribution in [0, 0.1) is 0 Å². The minimum Gasteiger partial charge on any atom is -0.390 e. The highest BCUT2D eigenvalue weighted by molar-refractivity contribution is 7.99. The maximum atomic E-state index is 14.1. The highest BCUT2D eigenvalue weighted by Crippen LogP contribution is 2.40. The number of nitrogens with one attached hydrogen (secondary N) is 1. The number of halogens is 3. The van der Waals surface area contributed by atoms with Crippen LogP contribution in [-0.2, 0) is 40.4 Å². The molecule has 2 fully saturated rings. The largest absolute Gasteiger partial charge is 0.417 e. The Morgan fingerprint density at radius 2 is 1.86 bits per heavy atom. The number of thioether (sulfide) groups is 1. The first-order chi connectivity index (χ1) is 24.4. The topological polar surface area (TPSA) is 120 Å². The second-order valence-electron chi connectivity index (χ2n) is 13.7. The molecule has 1 atom stereocenters. The summed E-state index contributed by atoms with van der Waals surface area (Å²) < 4.78 is 76.1. The minimum atomic E-state index is -4.53. The average molecular weight is 748 g/mol. The first-order valence-corrected chi connectivity index (χ1v) is 20.3. The molecule has 276 valence electrons. The summed E-state index contributed by atoms with van der Waals surface area (Å²) in [6.45, 7) is 6.00. The van der Waals surface area contributed by atoms with Crippen molar-refractivity contribution in [3.63, 3.8) is 0 Å². The van der Waals surface area contributed by atoms with Crippen molar-refractivity contribution in [1.82, 2.24) is 33.9 Å². The van der Waals surface area contributed by atoms with Gasteiger partial charge in [0.2, 0.25) is 10.0 Å². The van der Waals surface area contributed by atoms with Crippen molar-refractivity contribution in [2.45, 2.75) is 55.4 Å². The lowest BCUT2D eigenvalue weighted by molar-refractivity contribution is -0.139. The van der Waals surface area contributed by atoms with Crippen LogP contribution < -0.4 is 0 Å². The predicted molar refractivity (Wildman–Crippen MR) is 190 cm³/mol. The lowest BCUT2D eigenvalue weighted by Gasteiger charge is -2.33. The van der Waals surface area contributed by atoms with Crippen LogP contribution in [0.1, 0.15) is 41.1 Å². The van der Waals surface area contributed by atoms with E-state index >= 15 is 0 Å². The van der Waals surface area contributed by atoms with E-state index in [4.69, 9.17) is 9.84 Å². The van der Waals surface area contributed by atoms with Crippen molar-refractivity contribution in [1.29, 1.82) is 0 Å². The summed E-state index contributed by atoms with van der Waals surface area (Å²) in [5.41, 5.74) is 3.87. The molecule has 51 heavy (non-hydrogen) atoms. The fourth-order valence-corrected chi connectivity index (χ4v) is 9.47. The molecular weight excluding hydrogens is 704 g/mol. The van der Waals surface area contributed by atoms with E-state index in [1.54, 1.807) is 10.9 Å². The van der Waals surface area contributed by atoms with Gasteiger partial charge in [-0.25, -0.2) is 13.4 Å². The molecule has 0 aliphatic carbocycles. The molecule has 2 N–H and O–H groups in total. The number of hydrogen-bond acceptors (Lipinski definition) is 9. The van der Waals surface area contributed by atoms with Gasteiger partial charge in [-0.2, -0.15) is 22.6 Å². The van der Waals surface area contributed by atoms with E-state index < -0.39 is 27.9 Å². The zero-order chi connectivity index (χ0) is 35.8. The molecule has 0 saturated carbocycles. The summed E-state index contributed by atoms with van der Waals surface area (Å²) in [6, 6.07) is 8.09. The van der Waals surface area contributed by atoms with E-state index in [9.17, 15) is 26.7 Å². The highest BCUT2D eigenvalue weighted by Gasteiger charge is 2.35.